The first-order chi connectivity index (χ1) is 20.8. The zero-order chi connectivity index (χ0) is 30.3. The van der Waals surface area contributed by atoms with E-state index in [4.69, 9.17) is 0 Å². The first kappa shape index (κ1) is 29.4. The van der Waals surface area contributed by atoms with Crippen LogP contribution in [0.1, 0.15) is 34.0 Å². The van der Waals surface area contributed by atoms with E-state index in [1.54, 1.807) is 42.6 Å². The summed E-state index contributed by atoms with van der Waals surface area (Å²) >= 11 is 1.39. The maximum absolute atomic E-state index is 13.6. The quantitative estimate of drug-likeness (QED) is 0.107. The van der Waals surface area contributed by atoms with Gasteiger partial charge in [-0.15, -0.1) is 11.8 Å². The predicted octanol–water partition coefficient (Wildman–Crippen LogP) is 7.31. The van der Waals surface area contributed by atoms with Crippen LogP contribution in [-0.2, 0) is 9.59 Å². The van der Waals surface area contributed by atoms with Gasteiger partial charge in [-0.25, -0.2) is 0 Å². The van der Waals surface area contributed by atoms with E-state index in [1.165, 1.54) is 11.8 Å². The van der Waals surface area contributed by atoms with Crippen molar-refractivity contribution in [3.8, 4) is 0 Å². The molecule has 1 heterocycles. The number of nitrogens with one attached hydrogen (secondary N) is 4. The number of carbonyl (C=O) groups is 3. The van der Waals surface area contributed by atoms with E-state index in [2.05, 4.69) is 20.9 Å². The van der Waals surface area contributed by atoms with Crippen molar-refractivity contribution in [2.45, 2.75) is 30.9 Å². The molecule has 3 amide bonds. The van der Waals surface area contributed by atoms with Gasteiger partial charge in [-0.3, -0.25) is 14.4 Å². The SMILES string of the molecule is Cc1ccc(NC(=O)C(C)Sc2cccc(NC(=O)/C(=C/c3c[nH]c4ccccc34)NC(=O)c3ccccc3)c2)c(C)c1. The molecular weight excluding hydrogens is 556 g/mol. The number of aromatic amines is 1. The van der Waals surface area contributed by atoms with E-state index >= 15 is 0 Å². The van der Waals surface area contributed by atoms with Gasteiger partial charge < -0.3 is 20.9 Å². The lowest BCUT2D eigenvalue weighted by molar-refractivity contribution is -0.115. The van der Waals surface area contributed by atoms with Gasteiger partial charge >= 0.3 is 0 Å². The third-order valence-corrected chi connectivity index (χ3v) is 7.96. The van der Waals surface area contributed by atoms with E-state index in [0.29, 0.717) is 11.3 Å². The van der Waals surface area contributed by atoms with Gasteiger partial charge in [0, 0.05) is 44.5 Å². The van der Waals surface area contributed by atoms with Crippen LogP contribution in [0.2, 0.25) is 0 Å². The first-order valence-electron chi connectivity index (χ1n) is 13.9. The zero-order valence-electron chi connectivity index (χ0n) is 24.1. The Labute approximate surface area is 254 Å². The smallest absolute Gasteiger partial charge is 0.272 e. The second-order valence-corrected chi connectivity index (χ2v) is 11.6. The standard InChI is InChI=1S/C35H32N4O3S/c1-22-16-17-30(23(2)18-22)38-33(40)24(3)43-28-13-9-12-27(20-28)37-35(42)32(39-34(41)25-10-5-4-6-11-25)19-26-21-36-31-15-8-7-14-29(26)31/h4-21,24,36H,1-3H3,(H,37,42)(H,38,40)(H,39,41)/b32-19-. The van der Waals surface area contributed by atoms with Crippen LogP contribution in [0, 0.1) is 13.8 Å². The van der Waals surface area contributed by atoms with Crippen molar-refractivity contribution in [3.63, 3.8) is 0 Å². The summed E-state index contributed by atoms with van der Waals surface area (Å²) in [6.45, 7) is 5.83. The summed E-state index contributed by atoms with van der Waals surface area (Å²) in [7, 11) is 0. The highest BCUT2D eigenvalue weighted by Crippen LogP contribution is 2.28. The number of aryl methyl sites for hydroxylation is 2. The lowest BCUT2D eigenvalue weighted by Gasteiger charge is -2.15. The largest absolute Gasteiger partial charge is 0.361 e. The Morgan fingerprint density at radius 3 is 2.40 bits per heavy atom. The van der Waals surface area contributed by atoms with Crippen LogP contribution in [0.3, 0.4) is 0 Å². The molecule has 1 atom stereocenters. The highest BCUT2D eigenvalue weighted by molar-refractivity contribution is 8.00. The number of benzene rings is 4. The minimum atomic E-state index is -0.475. The number of H-pyrrole nitrogens is 1. The van der Waals surface area contributed by atoms with Crippen molar-refractivity contribution in [2.75, 3.05) is 10.6 Å². The number of aromatic nitrogens is 1. The number of thioether (sulfide) groups is 1. The highest BCUT2D eigenvalue weighted by atomic mass is 32.2. The van der Waals surface area contributed by atoms with E-state index in [0.717, 1.165) is 38.2 Å². The van der Waals surface area contributed by atoms with Crippen LogP contribution in [0.15, 0.2) is 114 Å². The summed E-state index contributed by atoms with van der Waals surface area (Å²) in [4.78, 5) is 43.5. The Bertz CT molecular complexity index is 1830. The molecule has 4 N–H and O–H groups in total. The maximum atomic E-state index is 13.6. The monoisotopic (exact) mass is 588 g/mol. The molecule has 1 unspecified atom stereocenters. The molecule has 5 aromatic rings. The van der Waals surface area contributed by atoms with Gasteiger partial charge in [0.2, 0.25) is 5.91 Å². The van der Waals surface area contributed by atoms with Crippen LogP contribution in [-0.4, -0.2) is 28.0 Å². The van der Waals surface area contributed by atoms with Crippen LogP contribution in [0.5, 0.6) is 0 Å². The van der Waals surface area contributed by atoms with Crippen LogP contribution in [0.25, 0.3) is 17.0 Å². The van der Waals surface area contributed by atoms with Crippen molar-refractivity contribution < 1.29 is 14.4 Å². The van der Waals surface area contributed by atoms with E-state index < -0.39 is 11.8 Å². The van der Waals surface area contributed by atoms with Crippen molar-refractivity contribution >= 4 is 57.8 Å². The lowest BCUT2D eigenvalue weighted by atomic mass is 10.1. The second-order valence-electron chi connectivity index (χ2n) is 10.2. The molecule has 1 aromatic heterocycles. The summed E-state index contributed by atoms with van der Waals surface area (Å²) in [5, 5.41) is 9.24. The summed E-state index contributed by atoms with van der Waals surface area (Å²) in [5.41, 5.74) is 5.68. The Balaban J connectivity index is 1.33. The van der Waals surface area contributed by atoms with Gasteiger partial charge in [0.15, 0.2) is 0 Å². The predicted molar refractivity (Wildman–Crippen MR) is 175 cm³/mol. The maximum Gasteiger partial charge on any atom is 0.272 e. The molecule has 43 heavy (non-hydrogen) atoms. The number of anilines is 2. The Morgan fingerprint density at radius 1 is 0.837 bits per heavy atom. The van der Waals surface area contributed by atoms with E-state index in [-0.39, 0.29) is 16.9 Å². The molecule has 0 aliphatic heterocycles. The molecule has 7 nitrogen and oxygen atoms in total. The average molecular weight is 589 g/mol. The van der Waals surface area contributed by atoms with Crippen molar-refractivity contribution in [3.05, 3.63) is 131 Å². The van der Waals surface area contributed by atoms with Gasteiger partial charge in [-0.05, 0) is 74.9 Å². The zero-order valence-corrected chi connectivity index (χ0v) is 24.9. The molecule has 5 rings (SSSR count). The molecule has 0 saturated heterocycles. The molecule has 4 aromatic carbocycles. The minimum Gasteiger partial charge on any atom is -0.361 e. The summed E-state index contributed by atoms with van der Waals surface area (Å²) in [6, 6.07) is 29.7. The van der Waals surface area contributed by atoms with Crippen molar-refractivity contribution in [2.24, 2.45) is 0 Å². The number of hydrogen-bond donors (Lipinski definition) is 4. The molecule has 8 heteroatoms. The Morgan fingerprint density at radius 2 is 1.60 bits per heavy atom. The fourth-order valence-corrected chi connectivity index (χ4v) is 5.53. The van der Waals surface area contributed by atoms with E-state index in [9.17, 15) is 14.4 Å². The van der Waals surface area contributed by atoms with Crippen molar-refractivity contribution in [1.29, 1.82) is 0 Å². The summed E-state index contributed by atoms with van der Waals surface area (Å²) < 4.78 is 0. The van der Waals surface area contributed by atoms with Gasteiger partial charge in [0.1, 0.15) is 5.70 Å². The van der Waals surface area contributed by atoms with Crippen LogP contribution >= 0.6 is 11.8 Å². The normalized spacial score (nSPS) is 12.0. The van der Waals surface area contributed by atoms with E-state index in [1.807, 2.05) is 87.5 Å². The average Bonchev–Trinajstić information content (AvgIpc) is 3.41. The molecule has 0 bridgehead atoms. The molecular formula is C35H32N4O3S. The van der Waals surface area contributed by atoms with Crippen LogP contribution < -0.4 is 16.0 Å². The molecule has 0 spiro atoms. The summed E-state index contributed by atoms with van der Waals surface area (Å²) in [6.07, 6.45) is 3.46. The fourth-order valence-electron chi connectivity index (χ4n) is 4.60. The summed E-state index contributed by atoms with van der Waals surface area (Å²) in [5.74, 6) is -0.980. The molecule has 0 aliphatic carbocycles. The highest BCUT2D eigenvalue weighted by Gasteiger charge is 2.18. The van der Waals surface area contributed by atoms with Gasteiger partial charge in [0.05, 0.1) is 5.25 Å². The number of amides is 3. The third kappa shape index (κ3) is 7.42. The number of carbonyl (C=O) groups excluding carboxylic acids is 3. The number of fused-ring (bicyclic) bond motifs is 1. The number of hydrogen-bond acceptors (Lipinski definition) is 4. The van der Waals surface area contributed by atoms with Crippen molar-refractivity contribution in [1.82, 2.24) is 10.3 Å². The molecule has 0 aliphatic rings. The van der Waals surface area contributed by atoms with Gasteiger partial charge in [-0.1, -0.05) is 60.2 Å². The topological polar surface area (TPSA) is 103 Å². The number of para-hydroxylation sites is 1. The minimum absolute atomic E-state index is 0.0953. The first-order valence-corrected chi connectivity index (χ1v) is 14.8. The van der Waals surface area contributed by atoms with Gasteiger partial charge in [-0.2, -0.15) is 0 Å². The van der Waals surface area contributed by atoms with Crippen LogP contribution in [0.4, 0.5) is 11.4 Å². The Kier molecular flexibility index (Phi) is 9.08. The fraction of sp³-hybridized carbons (Fsp3) is 0.114. The molecule has 0 radical (unpaired) electrons. The molecule has 0 fully saturated rings. The lowest BCUT2D eigenvalue weighted by Crippen LogP contribution is -2.30. The molecule has 216 valence electrons. The second kappa shape index (κ2) is 13.3. The Hall–Kier alpha value is -5.08. The number of rotatable bonds is 9. The molecule has 0 saturated carbocycles. The third-order valence-electron chi connectivity index (χ3n) is 6.86. The van der Waals surface area contributed by atoms with Gasteiger partial charge in [0.25, 0.3) is 11.8 Å².